The molecule has 0 bridgehead atoms. The van der Waals surface area contributed by atoms with Gasteiger partial charge in [-0.2, -0.15) is 0 Å². The highest BCUT2D eigenvalue weighted by molar-refractivity contribution is 5.98. The monoisotopic (exact) mass is 487 g/mol. The average molecular weight is 488 g/mol. The van der Waals surface area contributed by atoms with E-state index in [4.69, 9.17) is 4.74 Å². The number of carbonyl (C=O) groups is 2. The van der Waals surface area contributed by atoms with Gasteiger partial charge in [0.05, 0.1) is 13.2 Å². The standard InChI is InChI=1S/C30H37N3O3/c1-3-18-33(19-4-2)30(35)25-14-8-16-27(21-25)32-29(34)23-31-26-15-9-17-28(22-26)36-20-10-13-24-11-6-5-7-12-24/h5-9,11-12,14-17,21-22,31H,3-4,10,13,18-20,23H2,1-2H3,(H,32,34). The molecule has 0 heterocycles. The van der Waals surface area contributed by atoms with Gasteiger partial charge in [0.15, 0.2) is 0 Å². The topological polar surface area (TPSA) is 70.7 Å². The summed E-state index contributed by atoms with van der Waals surface area (Å²) in [6.45, 7) is 6.31. The molecule has 190 valence electrons. The maximum atomic E-state index is 12.9. The highest BCUT2D eigenvalue weighted by Gasteiger charge is 2.15. The Morgan fingerprint density at radius 1 is 0.833 bits per heavy atom. The van der Waals surface area contributed by atoms with Gasteiger partial charge in [-0.3, -0.25) is 9.59 Å². The second kappa shape index (κ2) is 14.6. The van der Waals surface area contributed by atoms with E-state index in [1.54, 1.807) is 24.3 Å². The van der Waals surface area contributed by atoms with Crippen molar-refractivity contribution >= 4 is 23.2 Å². The molecule has 0 fully saturated rings. The predicted octanol–water partition coefficient (Wildman–Crippen LogP) is 6.01. The van der Waals surface area contributed by atoms with Crippen LogP contribution >= 0.6 is 0 Å². The van der Waals surface area contributed by atoms with Crippen molar-refractivity contribution in [3.63, 3.8) is 0 Å². The molecule has 0 aromatic heterocycles. The zero-order chi connectivity index (χ0) is 25.6. The van der Waals surface area contributed by atoms with Crippen molar-refractivity contribution in [3.8, 4) is 5.75 Å². The number of aryl methyl sites for hydroxylation is 1. The molecule has 0 saturated heterocycles. The van der Waals surface area contributed by atoms with E-state index in [2.05, 4.69) is 36.6 Å². The number of nitrogens with one attached hydrogen (secondary N) is 2. The average Bonchev–Trinajstić information content (AvgIpc) is 2.90. The van der Waals surface area contributed by atoms with Gasteiger partial charge in [-0.15, -0.1) is 0 Å². The molecule has 0 atom stereocenters. The number of amides is 2. The Hall–Kier alpha value is -3.80. The summed E-state index contributed by atoms with van der Waals surface area (Å²) in [6, 6.07) is 25.1. The molecule has 0 aliphatic heterocycles. The van der Waals surface area contributed by atoms with Crippen molar-refractivity contribution in [2.75, 3.05) is 36.9 Å². The zero-order valence-corrected chi connectivity index (χ0v) is 21.3. The largest absolute Gasteiger partial charge is 0.494 e. The molecule has 3 aromatic rings. The van der Waals surface area contributed by atoms with E-state index < -0.39 is 0 Å². The van der Waals surface area contributed by atoms with Crippen LogP contribution in [0.25, 0.3) is 0 Å². The van der Waals surface area contributed by atoms with Gasteiger partial charge >= 0.3 is 0 Å². The van der Waals surface area contributed by atoms with E-state index in [-0.39, 0.29) is 18.4 Å². The minimum absolute atomic E-state index is 0.00601. The van der Waals surface area contributed by atoms with E-state index in [9.17, 15) is 9.59 Å². The summed E-state index contributed by atoms with van der Waals surface area (Å²) in [5.41, 5.74) is 3.30. The molecule has 0 radical (unpaired) electrons. The summed E-state index contributed by atoms with van der Waals surface area (Å²) in [7, 11) is 0. The van der Waals surface area contributed by atoms with E-state index in [0.29, 0.717) is 17.9 Å². The fraction of sp³-hybridized carbons (Fsp3) is 0.333. The fourth-order valence-corrected chi connectivity index (χ4v) is 3.96. The SMILES string of the molecule is CCCN(CCC)C(=O)c1cccc(NC(=O)CNc2cccc(OCCCc3ccccc3)c2)c1. The van der Waals surface area contributed by atoms with Crippen LogP contribution in [0.1, 0.15) is 49.0 Å². The molecule has 0 saturated carbocycles. The first-order chi connectivity index (χ1) is 17.6. The van der Waals surface area contributed by atoms with Gasteiger partial charge in [-0.05, 0) is 61.6 Å². The minimum Gasteiger partial charge on any atom is -0.494 e. The smallest absolute Gasteiger partial charge is 0.253 e. The van der Waals surface area contributed by atoms with Gasteiger partial charge in [0, 0.05) is 36.1 Å². The van der Waals surface area contributed by atoms with Crippen LogP contribution in [-0.2, 0) is 11.2 Å². The molecule has 0 unspecified atom stereocenters. The van der Waals surface area contributed by atoms with E-state index >= 15 is 0 Å². The molecule has 36 heavy (non-hydrogen) atoms. The molecule has 6 heteroatoms. The highest BCUT2D eigenvalue weighted by Crippen LogP contribution is 2.18. The molecule has 3 rings (SSSR count). The molecule has 6 nitrogen and oxygen atoms in total. The second-order valence-electron chi connectivity index (χ2n) is 8.74. The number of carbonyl (C=O) groups excluding carboxylic acids is 2. The van der Waals surface area contributed by atoms with Gasteiger partial charge in [-0.1, -0.05) is 56.3 Å². The van der Waals surface area contributed by atoms with Crippen LogP contribution in [0, 0.1) is 0 Å². The van der Waals surface area contributed by atoms with Crippen molar-refractivity contribution in [2.24, 2.45) is 0 Å². The van der Waals surface area contributed by atoms with Gasteiger partial charge in [-0.25, -0.2) is 0 Å². The lowest BCUT2D eigenvalue weighted by atomic mass is 10.1. The van der Waals surface area contributed by atoms with Crippen LogP contribution in [-0.4, -0.2) is 43.0 Å². The Labute approximate surface area is 214 Å². The first-order valence-electron chi connectivity index (χ1n) is 12.8. The molecule has 0 aliphatic carbocycles. The van der Waals surface area contributed by atoms with Crippen LogP contribution in [0.15, 0.2) is 78.9 Å². The molecule has 2 N–H and O–H groups in total. The summed E-state index contributed by atoms with van der Waals surface area (Å²) in [6.07, 6.45) is 3.73. The van der Waals surface area contributed by atoms with Gasteiger partial charge in [0.25, 0.3) is 5.91 Å². The van der Waals surface area contributed by atoms with Crippen LogP contribution in [0.2, 0.25) is 0 Å². The van der Waals surface area contributed by atoms with E-state index in [0.717, 1.165) is 50.2 Å². The molecular formula is C30H37N3O3. The summed E-state index contributed by atoms with van der Waals surface area (Å²) in [4.78, 5) is 27.3. The zero-order valence-electron chi connectivity index (χ0n) is 21.3. The molecule has 3 aromatic carbocycles. The van der Waals surface area contributed by atoms with E-state index in [1.165, 1.54) is 5.56 Å². The predicted molar refractivity (Wildman–Crippen MR) is 147 cm³/mol. The highest BCUT2D eigenvalue weighted by atomic mass is 16.5. The lowest BCUT2D eigenvalue weighted by molar-refractivity contribution is -0.114. The van der Waals surface area contributed by atoms with Crippen molar-refractivity contribution in [3.05, 3.63) is 90.0 Å². The second-order valence-corrected chi connectivity index (χ2v) is 8.74. The number of anilines is 2. The van der Waals surface area contributed by atoms with Gasteiger partial charge < -0.3 is 20.3 Å². The Bertz CT molecular complexity index is 1100. The summed E-state index contributed by atoms with van der Waals surface area (Å²) in [5, 5.41) is 6.02. The first kappa shape index (κ1) is 26.8. The quantitative estimate of drug-likeness (QED) is 0.273. The number of hydrogen-bond acceptors (Lipinski definition) is 4. The van der Waals surface area contributed by atoms with Crippen molar-refractivity contribution in [1.82, 2.24) is 4.90 Å². The lowest BCUT2D eigenvalue weighted by Gasteiger charge is -2.21. The third-order valence-electron chi connectivity index (χ3n) is 5.68. The maximum Gasteiger partial charge on any atom is 0.253 e. The van der Waals surface area contributed by atoms with Crippen LogP contribution in [0.4, 0.5) is 11.4 Å². The molecular weight excluding hydrogens is 450 g/mol. The van der Waals surface area contributed by atoms with E-state index in [1.807, 2.05) is 47.4 Å². The third kappa shape index (κ3) is 8.77. The molecule has 0 aliphatic rings. The normalized spacial score (nSPS) is 10.5. The maximum absolute atomic E-state index is 12.9. The first-order valence-corrected chi connectivity index (χ1v) is 12.8. The van der Waals surface area contributed by atoms with Crippen LogP contribution in [0.5, 0.6) is 5.75 Å². The van der Waals surface area contributed by atoms with Crippen molar-refractivity contribution < 1.29 is 14.3 Å². The number of benzene rings is 3. The molecule has 2 amide bonds. The number of rotatable bonds is 14. The summed E-state index contributed by atoms with van der Waals surface area (Å²) in [5.74, 6) is 0.574. The molecule has 0 spiro atoms. The Kier molecular flexibility index (Phi) is 10.8. The number of nitrogens with zero attached hydrogens (tertiary/aromatic N) is 1. The number of ether oxygens (including phenoxy) is 1. The number of hydrogen-bond donors (Lipinski definition) is 2. The van der Waals surface area contributed by atoms with Crippen molar-refractivity contribution in [2.45, 2.75) is 39.5 Å². The van der Waals surface area contributed by atoms with Crippen LogP contribution in [0.3, 0.4) is 0 Å². The Morgan fingerprint density at radius 2 is 1.56 bits per heavy atom. The van der Waals surface area contributed by atoms with Crippen molar-refractivity contribution in [1.29, 1.82) is 0 Å². The summed E-state index contributed by atoms with van der Waals surface area (Å²) < 4.78 is 5.88. The lowest BCUT2D eigenvalue weighted by Crippen LogP contribution is -2.32. The fourth-order valence-electron chi connectivity index (χ4n) is 3.96. The Balaban J connectivity index is 1.47. The van der Waals surface area contributed by atoms with Crippen LogP contribution < -0.4 is 15.4 Å². The minimum atomic E-state index is -0.187. The Morgan fingerprint density at radius 3 is 2.31 bits per heavy atom. The van der Waals surface area contributed by atoms with Gasteiger partial charge in [0.1, 0.15) is 5.75 Å². The summed E-state index contributed by atoms with van der Waals surface area (Å²) >= 11 is 0. The van der Waals surface area contributed by atoms with Gasteiger partial charge in [0.2, 0.25) is 5.91 Å². The third-order valence-corrected chi connectivity index (χ3v) is 5.68.